The molecule has 0 amide bonds. The van der Waals surface area contributed by atoms with E-state index in [4.69, 9.17) is 10.5 Å². The number of pyridine rings is 2. The van der Waals surface area contributed by atoms with Crippen molar-refractivity contribution in [2.24, 2.45) is 0 Å². The van der Waals surface area contributed by atoms with E-state index >= 15 is 0 Å². The van der Waals surface area contributed by atoms with Crippen LogP contribution in [0.4, 0.5) is 5.69 Å². The number of benzene rings is 1. The van der Waals surface area contributed by atoms with Crippen LogP contribution in [0.25, 0.3) is 11.0 Å². The monoisotopic (exact) mass is 329 g/mol. The van der Waals surface area contributed by atoms with Crippen molar-refractivity contribution in [3.05, 3.63) is 52.8 Å². The van der Waals surface area contributed by atoms with Gasteiger partial charge in [-0.25, -0.2) is 4.98 Å². The van der Waals surface area contributed by atoms with Crippen molar-refractivity contribution in [1.82, 2.24) is 9.97 Å². The van der Waals surface area contributed by atoms with Crippen LogP contribution in [-0.4, -0.2) is 9.97 Å². The van der Waals surface area contributed by atoms with E-state index in [0.717, 1.165) is 15.6 Å². The third kappa shape index (κ3) is 2.44. The summed E-state index contributed by atoms with van der Waals surface area (Å²) in [7, 11) is 0. The van der Waals surface area contributed by atoms with E-state index in [-0.39, 0.29) is 0 Å². The number of hydrogen-bond donors (Lipinski definition) is 1. The minimum absolute atomic E-state index is 0.595. The highest BCUT2D eigenvalue weighted by Gasteiger charge is 2.08. The molecule has 0 spiro atoms. The third-order valence-corrected chi connectivity index (χ3v) is 3.33. The predicted octanol–water partition coefficient (Wildman–Crippen LogP) is 4.08. The van der Waals surface area contributed by atoms with Gasteiger partial charge in [0.05, 0.1) is 11.2 Å². The first-order chi connectivity index (χ1) is 9.63. The maximum absolute atomic E-state index is 5.94. The quantitative estimate of drug-likeness (QED) is 0.720. The number of nitrogens with two attached hydrogens (primary N) is 1. The summed E-state index contributed by atoms with van der Waals surface area (Å²) in [6, 6.07) is 9.36. The topological polar surface area (TPSA) is 61.0 Å². The molecule has 0 aliphatic rings. The van der Waals surface area contributed by atoms with Crippen LogP contribution in [0.5, 0.6) is 11.5 Å². The first kappa shape index (κ1) is 12.9. The van der Waals surface area contributed by atoms with Gasteiger partial charge >= 0.3 is 0 Å². The molecule has 0 aliphatic carbocycles. The normalized spacial score (nSPS) is 10.7. The van der Waals surface area contributed by atoms with Crippen molar-refractivity contribution in [3.63, 3.8) is 0 Å². The van der Waals surface area contributed by atoms with Crippen LogP contribution in [0, 0.1) is 6.92 Å². The molecule has 0 bridgehead atoms. The minimum atomic E-state index is 0.595. The van der Waals surface area contributed by atoms with E-state index in [9.17, 15) is 0 Å². The van der Waals surface area contributed by atoms with Gasteiger partial charge in [-0.2, -0.15) is 0 Å². The fraction of sp³-hybridized carbons (Fsp3) is 0.0667. The second kappa shape index (κ2) is 5.09. The fourth-order valence-electron chi connectivity index (χ4n) is 1.91. The summed E-state index contributed by atoms with van der Waals surface area (Å²) < 4.78 is 6.78. The third-order valence-electron chi connectivity index (χ3n) is 2.90. The van der Waals surface area contributed by atoms with E-state index in [2.05, 4.69) is 25.9 Å². The molecule has 0 aliphatic heterocycles. The van der Waals surface area contributed by atoms with Crippen molar-refractivity contribution in [2.45, 2.75) is 6.92 Å². The first-order valence-electron chi connectivity index (χ1n) is 6.08. The van der Waals surface area contributed by atoms with Crippen LogP contribution in [0.3, 0.4) is 0 Å². The van der Waals surface area contributed by atoms with Crippen molar-refractivity contribution in [1.29, 1.82) is 0 Å². The van der Waals surface area contributed by atoms with E-state index in [0.29, 0.717) is 22.7 Å². The fourth-order valence-corrected chi connectivity index (χ4v) is 2.23. The van der Waals surface area contributed by atoms with E-state index in [1.54, 1.807) is 18.5 Å². The molecule has 0 fully saturated rings. The Balaban J connectivity index is 2.09. The van der Waals surface area contributed by atoms with Crippen LogP contribution >= 0.6 is 15.9 Å². The van der Waals surface area contributed by atoms with Crippen LogP contribution in [0.15, 0.2) is 47.2 Å². The smallest absolute Gasteiger partial charge is 0.156 e. The lowest BCUT2D eigenvalue weighted by Crippen LogP contribution is -1.94. The number of anilines is 1. The summed E-state index contributed by atoms with van der Waals surface area (Å²) in [5.41, 5.74) is 9.09. The molecule has 4 nitrogen and oxygen atoms in total. The Morgan fingerprint density at radius 3 is 2.80 bits per heavy atom. The summed E-state index contributed by atoms with van der Waals surface area (Å²) in [6.45, 7) is 1.99. The molecule has 20 heavy (non-hydrogen) atoms. The lowest BCUT2D eigenvalue weighted by atomic mass is 10.2. The first-order valence-corrected chi connectivity index (χ1v) is 6.87. The van der Waals surface area contributed by atoms with Crippen molar-refractivity contribution in [3.8, 4) is 11.5 Å². The average Bonchev–Trinajstić information content (AvgIpc) is 2.43. The van der Waals surface area contributed by atoms with Crippen LogP contribution < -0.4 is 10.5 Å². The summed E-state index contributed by atoms with van der Waals surface area (Å²) in [5.74, 6) is 1.27. The molecule has 2 N–H and O–H groups in total. The van der Waals surface area contributed by atoms with Gasteiger partial charge in [-0.1, -0.05) is 6.07 Å². The van der Waals surface area contributed by atoms with Gasteiger partial charge in [0.15, 0.2) is 11.5 Å². The summed E-state index contributed by atoms with van der Waals surface area (Å²) in [6.07, 6.45) is 3.41. The zero-order valence-corrected chi connectivity index (χ0v) is 12.4. The molecule has 2 heterocycles. The van der Waals surface area contributed by atoms with Gasteiger partial charge in [-0.3, -0.25) is 4.98 Å². The molecule has 3 rings (SSSR count). The van der Waals surface area contributed by atoms with Gasteiger partial charge in [-0.15, -0.1) is 0 Å². The maximum atomic E-state index is 5.94. The van der Waals surface area contributed by atoms with E-state index < -0.39 is 0 Å². The lowest BCUT2D eigenvalue weighted by Gasteiger charge is -2.10. The lowest BCUT2D eigenvalue weighted by molar-refractivity contribution is 0.488. The molecule has 0 radical (unpaired) electrons. The second-order valence-corrected chi connectivity index (χ2v) is 5.39. The molecule has 0 saturated carbocycles. The molecule has 0 saturated heterocycles. The predicted molar refractivity (Wildman–Crippen MR) is 82.9 cm³/mol. The zero-order valence-electron chi connectivity index (χ0n) is 10.8. The van der Waals surface area contributed by atoms with Crippen LogP contribution in [-0.2, 0) is 0 Å². The largest absolute Gasteiger partial charge is 0.453 e. The number of ether oxygens (including phenoxy) is 1. The molecule has 100 valence electrons. The Kier molecular flexibility index (Phi) is 3.28. The van der Waals surface area contributed by atoms with Gasteiger partial charge < -0.3 is 10.5 Å². The summed E-state index contributed by atoms with van der Waals surface area (Å²) in [4.78, 5) is 8.63. The van der Waals surface area contributed by atoms with E-state index in [1.165, 1.54) is 0 Å². The molecular formula is C15H12BrN3O. The van der Waals surface area contributed by atoms with Crippen molar-refractivity contribution >= 4 is 32.7 Å². The minimum Gasteiger partial charge on any atom is -0.453 e. The van der Waals surface area contributed by atoms with Crippen LogP contribution in [0.1, 0.15) is 5.56 Å². The molecule has 3 aromatic rings. The number of nitrogen functional groups attached to an aromatic ring is 1. The number of rotatable bonds is 2. The number of hydrogen-bond acceptors (Lipinski definition) is 4. The molecule has 1 aromatic carbocycles. The maximum Gasteiger partial charge on any atom is 0.156 e. The highest BCUT2D eigenvalue weighted by Crippen LogP contribution is 2.32. The molecule has 2 aromatic heterocycles. The Hall–Kier alpha value is -2.14. The van der Waals surface area contributed by atoms with Crippen molar-refractivity contribution in [2.75, 3.05) is 5.73 Å². The number of nitrogens with zero attached hydrogens (tertiary/aromatic N) is 2. The molecule has 5 heteroatoms. The Labute approximate surface area is 124 Å². The van der Waals surface area contributed by atoms with E-state index in [1.807, 2.05) is 31.2 Å². The summed E-state index contributed by atoms with van der Waals surface area (Å²) >= 11 is 3.38. The van der Waals surface area contributed by atoms with Gasteiger partial charge in [0.1, 0.15) is 5.52 Å². The Morgan fingerprint density at radius 1 is 1.10 bits per heavy atom. The molecular weight excluding hydrogens is 318 g/mol. The van der Waals surface area contributed by atoms with Gasteiger partial charge in [0, 0.05) is 22.9 Å². The van der Waals surface area contributed by atoms with Crippen LogP contribution in [0.2, 0.25) is 0 Å². The van der Waals surface area contributed by atoms with Gasteiger partial charge in [-0.05, 0) is 46.6 Å². The SMILES string of the molecule is Cc1ccc(N)c(Oc2ccnc3cc(Br)cnc23)c1. The highest BCUT2D eigenvalue weighted by atomic mass is 79.9. The Morgan fingerprint density at radius 2 is 1.95 bits per heavy atom. The molecule has 0 atom stereocenters. The highest BCUT2D eigenvalue weighted by molar-refractivity contribution is 9.10. The summed E-state index contributed by atoms with van der Waals surface area (Å²) in [5, 5.41) is 0. The molecule has 0 unspecified atom stereocenters. The van der Waals surface area contributed by atoms with Gasteiger partial charge in [0.2, 0.25) is 0 Å². The zero-order chi connectivity index (χ0) is 14.1. The number of fused-ring (bicyclic) bond motifs is 1. The van der Waals surface area contributed by atoms with Crippen molar-refractivity contribution < 1.29 is 4.74 Å². The second-order valence-electron chi connectivity index (χ2n) is 4.47. The standard InChI is InChI=1S/C15H12BrN3O/c1-9-2-3-11(17)14(6-9)20-13-4-5-18-12-7-10(16)8-19-15(12)13/h2-8H,17H2,1H3. The van der Waals surface area contributed by atoms with Gasteiger partial charge in [0.25, 0.3) is 0 Å². The number of halogens is 1. The number of aromatic nitrogens is 2. The number of aryl methyl sites for hydroxylation is 1. The Bertz CT molecular complexity index is 789. The average molecular weight is 330 g/mol.